The molecule has 0 saturated carbocycles. The zero-order chi connectivity index (χ0) is 58.0. The third kappa shape index (κ3) is 47.3. The number of amides is 1. The van der Waals surface area contributed by atoms with E-state index in [1.807, 2.05) is 6.08 Å². The van der Waals surface area contributed by atoms with Crippen molar-refractivity contribution >= 4 is 11.9 Å². The fraction of sp³-hybridized carbons (Fsp3) is 0.884. The highest BCUT2D eigenvalue weighted by atomic mass is 16.7. The molecule has 0 radical (unpaired) electrons. The second-order valence-corrected chi connectivity index (χ2v) is 23.9. The van der Waals surface area contributed by atoms with Crippen LogP contribution in [0.15, 0.2) is 36.5 Å². The van der Waals surface area contributed by atoms with E-state index in [1.54, 1.807) is 6.08 Å². The predicted molar refractivity (Wildman–Crippen MR) is 334 cm³/mol. The number of esters is 1. The van der Waals surface area contributed by atoms with Crippen LogP contribution in [0.1, 0.15) is 328 Å². The minimum Gasteiger partial charge on any atom is -0.466 e. The zero-order valence-electron chi connectivity index (χ0n) is 52.1. The van der Waals surface area contributed by atoms with Crippen molar-refractivity contribution in [1.82, 2.24) is 5.32 Å². The summed E-state index contributed by atoms with van der Waals surface area (Å²) in [6, 6.07) is -0.832. The van der Waals surface area contributed by atoms with Crippen molar-refractivity contribution in [3.05, 3.63) is 36.5 Å². The Bertz CT molecular complexity index is 1420. The summed E-state index contributed by atoms with van der Waals surface area (Å²) in [6.45, 7) is 4.32. The number of allylic oxidation sites excluding steroid dienone is 5. The van der Waals surface area contributed by atoms with Gasteiger partial charge in [0.05, 0.1) is 32.0 Å². The van der Waals surface area contributed by atoms with Crippen LogP contribution >= 0.6 is 0 Å². The lowest BCUT2D eigenvalue weighted by Crippen LogP contribution is -2.60. The fourth-order valence-corrected chi connectivity index (χ4v) is 10.8. The highest BCUT2D eigenvalue weighted by Crippen LogP contribution is 2.23. The van der Waals surface area contributed by atoms with Gasteiger partial charge in [-0.25, -0.2) is 0 Å². The lowest BCUT2D eigenvalue weighted by Gasteiger charge is -2.40. The number of ether oxygens (including phenoxy) is 3. The molecule has 0 bridgehead atoms. The first-order chi connectivity index (χ1) is 39.2. The zero-order valence-corrected chi connectivity index (χ0v) is 52.1. The summed E-state index contributed by atoms with van der Waals surface area (Å²) in [4.78, 5) is 25.1. The number of rotatable bonds is 60. The van der Waals surface area contributed by atoms with E-state index in [9.17, 15) is 35.1 Å². The minimum atomic E-state index is -1.58. The molecule has 7 unspecified atom stereocenters. The number of carbonyl (C=O) groups excluding carboxylic acids is 2. The average molecular weight is 1130 g/mol. The Morgan fingerprint density at radius 2 is 0.812 bits per heavy atom. The molecule has 0 aromatic heterocycles. The molecule has 0 aliphatic carbocycles. The predicted octanol–water partition coefficient (Wildman–Crippen LogP) is 17.0. The van der Waals surface area contributed by atoms with Gasteiger partial charge in [-0.15, -0.1) is 0 Å². The van der Waals surface area contributed by atoms with Crippen molar-refractivity contribution in [3.63, 3.8) is 0 Å². The number of nitrogens with one attached hydrogen (secondary N) is 1. The Balaban J connectivity index is 1.98. The van der Waals surface area contributed by atoms with E-state index >= 15 is 0 Å². The van der Waals surface area contributed by atoms with Crippen LogP contribution in [0.4, 0.5) is 0 Å². The van der Waals surface area contributed by atoms with E-state index in [1.165, 1.54) is 238 Å². The van der Waals surface area contributed by atoms with Gasteiger partial charge in [-0.1, -0.05) is 294 Å². The van der Waals surface area contributed by atoms with Gasteiger partial charge in [-0.2, -0.15) is 0 Å². The number of hydrogen-bond donors (Lipinski definition) is 6. The van der Waals surface area contributed by atoms with Crippen molar-refractivity contribution in [3.8, 4) is 0 Å². The molecule has 1 fully saturated rings. The van der Waals surface area contributed by atoms with Crippen LogP contribution < -0.4 is 5.32 Å². The van der Waals surface area contributed by atoms with Crippen LogP contribution in [0.25, 0.3) is 0 Å². The number of carbonyl (C=O) groups is 2. The molecule has 7 atom stereocenters. The summed E-state index contributed by atoms with van der Waals surface area (Å²) in [5, 5.41) is 54.4. The van der Waals surface area contributed by atoms with E-state index < -0.39 is 49.5 Å². The van der Waals surface area contributed by atoms with Crippen molar-refractivity contribution < 1.29 is 49.3 Å². The van der Waals surface area contributed by atoms with Crippen molar-refractivity contribution in [1.29, 1.82) is 0 Å². The summed E-state index contributed by atoms with van der Waals surface area (Å²) < 4.78 is 16.7. The lowest BCUT2D eigenvalue weighted by molar-refractivity contribution is -0.302. The van der Waals surface area contributed by atoms with Gasteiger partial charge in [0, 0.05) is 12.8 Å². The standard InChI is InChI=1S/C69H129NO10/c1-3-5-7-9-11-13-15-32-36-39-43-47-51-55-62(72)61(60-79-69-68(77)67(76)66(75)63(59-71)80-69)70-64(73)56-52-48-44-40-37-33-30-28-26-24-22-20-18-16-17-19-21-23-25-27-29-31-34-38-42-46-50-54-58-78-65(74)57-53-49-45-41-35-14-12-10-8-6-4-2/h11,13,36,39,51,55,61-63,66-69,71-72,75-77H,3-10,12,14-35,37-38,40-50,52-54,56-60H2,1-2H3,(H,70,73)/b13-11+,39-36+,55-51+. The molecule has 1 aliphatic rings. The van der Waals surface area contributed by atoms with Crippen LogP contribution in [-0.4, -0.2) is 100 Å². The summed E-state index contributed by atoms with van der Waals surface area (Å²) >= 11 is 0. The Morgan fingerprint density at radius 3 is 1.24 bits per heavy atom. The molecule has 0 aromatic rings. The number of aliphatic hydroxyl groups excluding tert-OH is 5. The number of hydrogen-bond acceptors (Lipinski definition) is 10. The first kappa shape index (κ1) is 75.9. The van der Waals surface area contributed by atoms with E-state index in [-0.39, 0.29) is 18.5 Å². The van der Waals surface area contributed by atoms with E-state index in [2.05, 4.69) is 43.5 Å². The Labute approximate surface area is 492 Å². The molecule has 0 aromatic carbocycles. The molecule has 470 valence electrons. The van der Waals surface area contributed by atoms with Crippen molar-refractivity contribution in [2.75, 3.05) is 19.8 Å². The highest BCUT2D eigenvalue weighted by molar-refractivity contribution is 5.76. The second kappa shape index (κ2) is 58.6. The summed E-state index contributed by atoms with van der Waals surface area (Å²) in [7, 11) is 0. The molecule has 11 nitrogen and oxygen atoms in total. The topological polar surface area (TPSA) is 175 Å². The number of aliphatic hydroxyl groups is 5. The summed E-state index contributed by atoms with van der Waals surface area (Å²) in [5.41, 5.74) is 0. The summed E-state index contributed by atoms with van der Waals surface area (Å²) in [6.07, 6.45) is 64.2. The molecule has 0 spiro atoms. The molecular weight excluding hydrogens is 1000 g/mol. The Morgan fingerprint density at radius 1 is 0.450 bits per heavy atom. The normalized spacial score (nSPS) is 18.5. The van der Waals surface area contributed by atoms with Gasteiger partial charge in [0.25, 0.3) is 0 Å². The smallest absolute Gasteiger partial charge is 0.305 e. The van der Waals surface area contributed by atoms with Crippen LogP contribution in [0.2, 0.25) is 0 Å². The summed E-state index contributed by atoms with van der Waals surface area (Å²) in [5.74, 6) is -0.184. The van der Waals surface area contributed by atoms with Crippen LogP contribution in [0.5, 0.6) is 0 Å². The maximum Gasteiger partial charge on any atom is 0.305 e. The molecule has 6 N–H and O–H groups in total. The van der Waals surface area contributed by atoms with Crippen LogP contribution in [0.3, 0.4) is 0 Å². The molecule has 1 heterocycles. The van der Waals surface area contributed by atoms with Gasteiger partial charge in [0.1, 0.15) is 24.4 Å². The van der Waals surface area contributed by atoms with Gasteiger partial charge in [-0.05, 0) is 57.8 Å². The molecule has 11 heteroatoms. The van der Waals surface area contributed by atoms with Gasteiger partial charge in [-0.3, -0.25) is 9.59 Å². The quantitative estimate of drug-likeness (QED) is 0.0195. The third-order valence-corrected chi connectivity index (χ3v) is 16.2. The lowest BCUT2D eigenvalue weighted by atomic mass is 9.99. The van der Waals surface area contributed by atoms with Crippen LogP contribution in [-0.2, 0) is 23.8 Å². The monoisotopic (exact) mass is 1130 g/mol. The van der Waals surface area contributed by atoms with Crippen molar-refractivity contribution in [2.45, 2.75) is 371 Å². The van der Waals surface area contributed by atoms with Crippen LogP contribution in [0, 0.1) is 0 Å². The van der Waals surface area contributed by atoms with Gasteiger partial charge < -0.3 is 45.1 Å². The Hall–Kier alpha value is -2.12. The van der Waals surface area contributed by atoms with Gasteiger partial charge in [0.15, 0.2) is 6.29 Å². The molecular formula is C69H129NO10. The number of unbranched alkanes of at least 4 members (excludes halogenated alkanes) is 42. The highest BCUT2D eigenvalue weighted by Gasteiger charge is 2.44. The SMILES string of the molecule is CCCCC/C=C/CC/C=C/CC/C=C/C(O)C(COC1OC(CO)C(O)C(O)C1O)NC(=O)CCCCCCCCCCCCCCCCCCCCCCCCCCCCCCOC(=O)CCCCCCCCCCCCC. The van der Waals surface area contributed by atoms with Gasteiger partial charge >= 0.3 is 5.97 Å². The third-order valence-electron chi connectivity index (χ3n) is 16.2. The second-order valence-electron chi connectivity index (χ2n) is 23.9. The Kier molecular flexibility index (Phi) is 55.6. The first-order valence-corrected chi connectivity index (χ1v) is 34.3. The maximum atomic E-state index is 13.1. The minimum absolute atomic E-state index is 0.00908. The average Bonchev–Trinajstić information content (AvgIpc) is 3.46. The van der Waals surface area contributed by atoms with Gasteiger partial charge in [0.2, 0.25) is 5.91 Å². The molecule has 80 heavy (non-hydrogen) atoms. The van der Waals surface area contributed by atoms with Crippen molar-refractivity contribution in [2.24, 2.45) is 0 Å². The maximum absolute atomic E-state index is 13.1. The van der Waals surface area contributed by atoms with E-state index in [0.717, 1.165) is 64.2 Å². The molecule has 1 saturated heterocycles. The molecule has 1 rings (SSSR count). The largest absolute Gasteiger partial charge is 0.466 e. The van der Waals surface area contributed by atoms with E-state index in [4.69, 9.17) is 14.2 Å². The molecule has 1 amide bonds. The van der Waals surface area contributed by atoms with E-state index in [0.29, 0.717) is 19.4 Å². The molecule has 1 aliphatic heterocycles. The first-order valence-electron chi connectivity index (χ1n) is 34.3. The fourth-order valence-electron chi connectivity index (χ4n) is 10.8.